The van der Waals surface area contributed by atoms with E-state index in [4.69, 9.17) is 0 Å². The zero-order valence-corrected chi connectivity index (χ0v) is 12.6. The average Bonchev–Trinajstić information content (AvgIpc) is 3.10. The highest BCUT2D eigenvalue weighted by molar-refractivity contribution is 5.27. The van der Waals surface area contributed by atoms with Crippen molar-refractivity contribution in [1.82, 2.24) is 24.6 Å². The first kappa shape index (κ1) is 14.5. The predicted octanol–water partition coefficient (Wildman–Crippen LogP) is 2.17. The summed E-state index contributed by atoms with van der Waals surface area (Å²) >= 11 is 0. The fourth-order valence-corrected chi connectivity index (χ4v) is 2.49. The molecule has 2 heterocycles. The minimum absolute atomic E-state index is 0.241. The van der Waals surface area contributed by atoms with Crippen molar-refractivity contribution in [3.05, 3.63) is 71.8 Å². The topological polar surface area (TPSA) is 47.7 Å². The van der Waals surface area contributed by atoms with Crippen molar-refractivity contribution in [3.8, 4) is 0 Å². The summed E-state index contributed by atoms with van der Waals surface area (Å²) in [6.45, 7) is 0.583. The molecular formula is C16H18FN5. The summed E-state index contributed by atoms with van der Waals surface area (Å²) in [5, 5.41) is 7.52. The summed E-state index contributed by atoms with van der Waals surface area (Å²) < 4.78 is 17.8. The van der Waals surface area contributed by atoms with Gasteiger partial charge in [-0.15, -0.1) is 0 Å². The third-order valence-corrected chi connectivity index (χ3v) is 3.60. The quantitative estimate of drug-likeness (QED) is 0.785. The van der Waals surface area contributed by atoms with Gasteiger partial charge in [-0.05, 0) is 6.07 Å². The molecule has 0 saturated carbocycles. The number of hydrogen-bond acceptors (Lipinski definition) is 3. The van der Waals surface area contributed by atoms with Crippen LogP contribution in [0.1, 0.15) is 23.0 Å². The largest absolute Gasteiger partial charge is 0.336 e. The standard InChI is InChI=1S/C16H18FN5/c1-21-8-7-18-16(21)15(13-5-3-4-6-14(13)17)19-9-12-10-20-22(2)11-12/h3-8,10-11,15,19H,9H2,1-2H3. The van der Waals surface area contributed by atoms with E-state index >= 15 is 0 Å². The molecule has 1 aromatic carbocycles. The Labute approximate surface area is 128 Å². The molecule has 22 heavy (non-hydrogen) atoms. The minimum Gasteiger partial charge on any atom is -0.336 e. The van der Waals surface area contributed by atoms with Crippen LogP contribution < -0.4 is 5.32 Å². The molecule has 3 aromatic rings. The Balaban J connectivity index is 1.90. The molecule has 0 spiro atoms. The molecule has 0 aliphatic carbocycles. The minimum atomic E-state index is -0.318. The fourth-order valence-electron chi connectivity index (χ4n) is 2.49. The van der Waals surface area contributed by atoms with Crippen LogP contribution in [0.3, 0.4) is 0 Å². The van der Waals surface area contributed by atoms with Crippen LogP contribution in [0.5, 0.6) is 0 Å². The normalized spacial score (nSPS) is 12.5. The Bertz CT molecular complexity index is 761. The summed E-state index contributed by atoms with van der Waals surface area (Å²) in [5.74, 6) is 0.531. The number of nitrogens with one attached hydrogen (secondary N) is 1. The highest BCUT2D eigenvalue weighted by atomic mass is 19.1. The van der Waals surface area contributed by atoms with Crippen LogP contribution in [-0.2, 0) is 20.6 Å². The highest BCUT2D eigenvalue weighted by Gasteiger charge is 2.21. The van der Waals surface area contributed by atoms with Gasteiger partial charge in [-0.25, -0.2) is 9.37 Å². The molecule has 1 atom stereocenters. The molecule has 0 radical (unpaired) electrons. The number of rotatable bonds is 5. The van der Waals surface area contributed by atoms with Crippen molar-refractivity contribution in [2.45, 2.75) is 12.6 Å². The van der Waals surface area contributed by atoms with Gasteiger partial charge in [0, 0.05) is 50.4 Å². The van der Waals surface area contributed by atoms with Crippen molar-refractivity contribution in [2.24, 2.45) is 14.1 Å². The van der Waals surface area contributed by atoms with Crippen molar-refractivity contribution in [1.29, 1.82) is 0 Å². The first-order chi connectivity index (χ1) is 10.6. The van der Waals surface area contributed by atoms with Crippen LogP contribution in [0.15, 0.2) is 49.1 Å². The fraction of sp³-hybridized carbons (Fsp3) is 0.250. The predicted molar refractivity (Wildman–Crippen MR) is 81.5 cm³/mol. The Morgan fingerprint density at radius 3 is 2.73 bits per heavy atom. The molecule has 3 rings (SSSR count). The molecular weight excluding hydrogens is 281 g/mol. The van der Waals surface area contributed by atoms with E-state index in [1.54, 1.807) is 29.2 Å². The van der Waals surface area contributed by atoms with E-state index in [1.165, 1.54) is 6.07 Å². The maximum absolute atomic E-state index is 14.2. The lowest BCUT2D eigenvalue weighted by Crippen LogP contribution is -2.25. The smallest absolute Gasteiger partial charge is 0.130 e. The van der Waals surface area contributed by atoms with E-state index in [2.05, 4.69) is 15.4 Å². The van der Waals surface area contributed by atoms with Crippen LogP contribution >= 0.6 is 0 Å². The van der Waals surface area contributed by atoms with Crippen molar-refractivity contribution >= 4 is 0 Å². The highest BCUT2D eigenvalue weighted by Crippen LogP contribution is 2.23. The number of halogens is 1. The Morgan fingerprint density at radius 2 is 2.09 bits per heavy atom. The first-order valence-corrected chi connectivity index (χ1v) is 7.07. The van der Waals surface area contributed by atoms with E-state index in [-0.39, 0.29) is 11.9 Å². The third kappa shape index (κ3) is 2.92. The lowest BCUT2D eigenvalue weighted by atomic mass is 10.1. The van der Waals surface area contributed by atoms with Gasteiger partial charge in [-0.2, -0.15) is 5.10 Å². The average molecular weight is 299 g/mol. The zero-order valence-electron chi connectivity index (χ0n) is 12.6. The Hall–Kier alpha value is -2.47. The van der Waals surface area contributed by atoms with Gasteiger partial charge in [0.2, 0.25) is 0 Å². The number of aromatic nitrogens is 4. The van der Waals surface area contributed by atoms with Gasteiger partial charge >= 0.3 is 0 Å². The molecule has 6 heteroatoms. The SMILES string of the molecule is Cn1cc(CNC(c2ccccc2F)c2nccn2C)cn1. The van der Waals surface area contributed by atoms with Gasteiger partial charge in [-0.1, -0.05) is 18.2 Å². The number of hydrogen-bond donors (Lipinski definition) is 1. The molecule has 0 bridgehead atoms. The molecule has 1 N–H and O–H groups in total. The van der Waals surface area contributed by atoms with Crippen LogP contribution in [0.2, 0.25) is 0 Å². The summed E-state index contributed by atoms with van der Waals surface area (Å²) in [5.41, 5.74) is 1.62. The van der Waals surface area contributed by atoms with E-state index in [0.717, 1.165) is 11.4 Å². The summed E-state index contributed by atoms with van der Waals surface area (Å²) in [6.07, 6.45) is 7.30. The molecule has 0 amide bonds. The maximum atomic E-state index is 14.2. The Morgan fingerprint density at radius 1 is 1.27 bits per heavy atom. The van der Waals surface area contributed by atoms with Gasteiger partial charge in [0.25, 0.3) is 0 Å². The molecule has 0 saturated heterocycles. The van der Waals surface area contributed by atoms with Gasteiger partial charge in [0.05, 0.1) is 12.2 Å². The van der Waals surface area contributed by atoms with E-state index < -0.39 is 0 Å². The first-order valence-electron chi connectivity index (χ1n) is 7.07. The van der Waals surface area contributed by atoms with Gasteiger partial charge in [0.1, 0.15) is 11.6 Å². The van der Waals surface area contributed by atoms with Crippen molar-refractivity contribution in [3.63, 3.8) is 0 Å². The molecule has 114 valence electrons. The molecule has 0 aliphatic heterocycles. The van der Waals surface area contributed by atoms with Gasteiger partial charge in [-0.3, -0.25) is 10.00 Å². The van der Waals surface area contributed by atoms with E-state index in [1.807, 2.05) is 37.1 Å². The molecule has 1 unspecified atom stereocenters. The van der Waals surface area contributed by atoms with Gasteiger partial charge < -0.3 is 4.57 Å². The van der Waals surface area contributed by atoms with Crippen LogP contribution in [0.25, 0.3) is 0 Å². The van der Waals surface area contributed by atoms with Crippen LogP contribution in [-0.4, -0.2) is 19.3 Å². The van der Waals surface area contributed by atoms with E-state index in [9.17, 15) is 4.39 Å². The lowest BCUT2D eigenvalue weighted by Gasteiger charge is -2.19. The third-order valence-electron chi connectivity index (χ3n) is 3.60. The second-order valence-electron chi connectivity index (χ2n) is 5.25. The summed E-state index contributed by atoms with van der Waals surface area (Å²) in [6, 6.07) is 6.46. The lowest BCUT2D eigenvalue weighted by molar-refractivity contribution is 0.520. The van der Waals surface area contributed by atoms with E-state index in [0.29, 0.717) is 12.1 Å². The summed E-state index contributed by atoms with van der Waals surface area (Å²) in [7, 11) is 3.78. The molecule has 2 aromatic heterocycles. The number of benzene rings is 1. The van der Waals surface area contributed by atoms with Crippen LogP contribution in [0, 0.1) is 5.82 Å². The number of nitrogens with zero attached hydrogens (tertiary/aromatic N) is 4. The molecule has 0 aliphatic rings. The molecule has 5 nitrogen and oxygen atoms in total. The monoisotopic (exact) mass is 299 g/mol. The summed E-state index contributed by atoms with van der Waals surface area (Å²) in [4.78, 5) is 4.36. The second-order valence-corrected chi connectivity index (χ2v) is 5.25. The van der Waals surface area contributed by atoms with Crippen molar-refractivity contribution in [2.75, 3.05) is 0 Å². The van der Waals surface area contributed by atoms with Gasteiger partial charge in [0.15, 0.2) is 0 Å². The Kier molecular flexibility index (Phi) is 4.02. The molecule has 0 fully saturated rings. The van der Waals surface area contributed by atoms with Crippen LogP contribution in [0.4, 0.5) is 4.39 Å². The number of aryl methyl sites for hydroxylation is 2. The second kappa shape index (κ2) is 6.11. The zero-order chi connectivity index (χ0) is 15.5. The number of imidazole rings is 1. The maximum Gasteiger partial charge on any atom is 0.130 e. The van der Waals surface area contributed by atoms with Crippen molar-refractivity contribution < 1.29 is 4.39 Å².